The predicted octanol–water partition coefficient (Wildman–Crippen LogP) is 4.69. The molecule has 94 valence electrons. The van der Waals surface area contributed by atoms with Crippen LogP contribution >= 0.6 is 27.5 Å². The summed E-state index contributed by atoms with van der Waals surface area (Å²) in [6.07, 6.45) is 0. The van der Waals surface area contributed by atoms with Crippen LogP contribution in [0.15, 0.2) is 46.9 Å². The van der Waals surface area contributed by atoms with Gasteiger partial charge in [0.25, 0.3) is 0 Å². The lowest BCUT2D eigenvalue weighted by atomic mass is 10.2. The van der Waals surface area contributed by atoms with Gasteiger partial charge in [0, 0.05) is 15.1 Å². The fourth-order valence-corrected chi connectivity index (χ4v) is 2.15. The molecule has 2 aromatic carbocycles. The molecule has 0 N–H and O–H groups in total. The van der Waals surface area contributed by atoms with E-state index in [0.29, 0.717) is 11.6 Å². The smallest absolute Gasteiger partial charge is 0.125 e. The van der Waals surface area contributed by atoms with E-state index in [4.69, 9.17) is 21.1 Å². The van der Waals surface area contributed by atoms with E-state index in [2.05, 4.69) is 15.9 Å². The predicted molar refractivity (Wildman–Crippen MR) is 76.5 cm³/mol. The molecular formula is C14H12BrClO2. The van der Waals surface area contributed by atoms with Crippen molar-refractivity contribution in [1.82, 2.24) is 0 Å². The van der Waals surface area contributed by atoms with Gasteiger partial charge in [-0.15, -0.1) is 0 Å². The minimum Gasteiger partial charge on any atom is -0.496 e. The lowest BCUT2D eigenvalue weighted by Crippen LogP contribution is -1.98. The third kappa shape index (κ3) is 3.40. The molecule has 0 aliphatic carbocycles. The first-order chi connectivity index (χ1) is 8.69. The Hall–Kier alpha value is -1.19. The molecule has 0 radical (unpaired) electrons. The second-order valence-electron chi connectivity index (χ2n) is 3.70. The van der Waals surface area contributed by atoms with Crippen molar-refractivity contribution >= 4 is 27.5 Å². The van der Waals surface area contributed by atoms with Crippen LogP contribution in [-0.2, 0) is 6.61 Å². The fourth-order valence-electron chi connectivity index (χ4n) is 1.58. The molecular weight excluding hydrogens is 316 g/mol. The SMILES string of the molecule is COc1ccc(Cl)cc1COc1cccc(Br)c1. The molecule has 0 saturated heterocycles. The summed E-state index contributed by atoms with van der Waals surface area (Å²) in [4.78, 5) is 0. The van der Waals surface area contributed by atoms with Crippen LogP contribution in [0.2, 0.25) is 5.02 Å². The quantitative estimate of drug-likeness (QED) is 0.811. The summed E-state index contributed by atoms with van der Waals surface area (Å²) in [6, 6.07) is 13.2. The molecule has 0 aliphatic heterocycles. The van der Waals surface area contributed by atoms with Crippen molar-refractivity contribution in [3.63, 3.8) is 0 Å². The summed E-state index contributed by atoms with van der Waals surface area (Å²) in [6.45, 7) is 0.417. The zero-order chi connectivity index (χ0) is 13.0. The molecule has 2 nitrogen and oxygen atoms in total. The molecule has 2 rings (SSSR count). The molecule has 18 heavy (non-hydrogen) atoms. The average molecular weight is 328 g/mol. The highest BCUT2D eigenvalue weighted by Gasteiger charge is 2.05. The molecule has 0 aromatic heterocycles. The molecule has 0 fully saturated rings. The standard InChI is InChI=1S/C14H12BrClO2/c1-17-14-6-5-12(16)7-10(14)9-18-13-4-2-3-11(15)8-13/h2-8H,9H2,1H3. The van der Waals surface area contributed by atoms with Crippen LogP contribution in [-0.4, -0.2) is 7.11 Å². The van der Waals surface area contributed by atoms with Crippen molar-refractivity contribution in [2.75, 3.05) is 7.11 Å². The van der Waals surface area contributed by atoms with Gasteiger partial charge in [-0.05, 0) is 36.4 Å². The van der Waals surface area contributed by atoms with Gasteiger partial charge in [-0.25, -0.2) is 0 Å². The molecule has 0 spiro atoms. The van der Waals surface area contributed by atoms with E-state index < -0.39 is 0 Å². The molecule has 0 heterocycles. The summed E-state index contributed by atoms with van der Waals surface area (Å²) in [5.41, 5.74) is 0.921. The van der Waals surface area contributed by atoms with E-state index in [0.717, 1.165) is 21.5 Å². The zero-order valence-electron chi connectivity index (χ0n) is 9.82. The second kappa shape index (κ2) is 6.12. The van der Waals surface area contributed by atoms with Crippen LogP contribution in [0.25, 0.3) is 0 Å². The van der Waals surface area contributed by atoms with Crippen LogP contribution in [0.1, 0.15) is 5.56 Å². The van der Waals surface area contributed by atoms with E-state index in [1.807, 2.05) is 36.4 Å². The minimum atomic E-state index is 0.417. The van der Waals surface area contributed by atoms with Gasteiger partial charge in [-0.2, -0.15) is 0 Å². The lowest BCUT2D eigenvalue weighted by Gasteiger charge is -2.10. The first kappa shape index (κ1) is 13.2. The topological polar surface area (TPSA) is 18.5 Å². The molecule has 4 heteroatoms. The second-order valence-corrected chi connectivity index (χ2v) is 5.05. The Kier molecular flexibility index (Phi) is 4.50. The number of hydrogen-bond donors (Lipinski definition) is 0. The molecule has 0 atom stereocenters. The van der Waals surface area contributed by atoms with Crippen LogP contribution in [0.3, 0.4) is 0 Å². The molecule has 0 unspecified atom stereocenters. The monoisotopic (exact) mass is 326 g/mol. The molecule has 0 amide bonds. The highest BCUT2D eigenvalue weighted by atomic mass is 79.9. The summed E-state index contributed by atoms with van der Waals surface area (Å²) >= 11 is 9.36. The van der Waals surface area contributed by atoms with Crippen molar-refractivity contribution in [3.05, 3.63) is 57.5 Å². The number of benzene rings is 2. The minimum absolute atomic E-state index is 0.417. The number of hydrogen-bond acceptors (Lipinski definition) is 2. The van der Waals surface area contributed by atoms with Gasteiger partial charge in [0.1, 0.15) is 18.1 Å². The van der Waals surface area contributed by atoms with Crippen molar-refractivity contribution in [2.24, 2.45) is 0 Å². The largest absolute Gasteiger partial charge is 0.496 e. The Balaban J connectivity index is 2.12. The number of halogens is 2. The fraction of sp³-hybridized carbons (Fsp3) is 0.143. The van der Waals surface area contributed by atoms with Gasteiger partial charge in [0.2, 0.25) is 0 Å². The van der Waals surface area contributed by atoms with Gasteiger partial charge in [0.15, 0.2) is 0 Å². The Morgan fingerprint density at radius 3 is 2.72 bits per heavy atom. The highest BCUT2D eigenvalue weighted by Crippen LogP contribution is 2.25. The summed E-state index contributed by atoms with van der Waals surface area (Å²) < 4.78 is 12.0. The van der Waals surface area contributed by atoms with E-state index in [1.54, 1.807) is 13.2 Å². The maximum atomic E-state index is 5.96. The van der Waals surface area contributed by atoms with Gasteiger partial charge in [0.05, 0.1) is 7.11 Å². The van der Waals surface area contributed by atoms with Crippen LogP contribution < -0.4 is 9.47 Å². The first-order valence-electron chi connectivity index (χ1n) is 5.40. The van der Waals surface area contributed by atoms with Gasteiger partial charge in [-0.3, -0.25) is 0 Å². The van der Waals surface area contributed by atoms with Crippen LogP contribution in [0.5, 0.6) is 11.5 Å². The summed E-state index contributed by atoms with van der Waals surface area (Å²) in [5, 5.41) is 0.670. The van der Waals surface area contributed by atoms with Crippen molar-refractivity contribution < 1.29 is 9.47 Å². The summed E-state index contributed by atoms with van der Waals surface area (Å²) in [5.74, 6) is 1.57. The summed E-state index contributed by atoms with van der Waals surface area (Å²) in [7, 11) is 1.63. The molecule has 0 saturated carbocycles. The third-order valence-electron chi connectivity index (χ3n) is 2.43. The Morgan fingerprint density at radius 1 is 1.17 bits per heavy atom. The number of ether oxygens (including phenoxy) is 2. The number of rotatable bonds is 4. The Bertz CT molecular complexity index is 543. The van der Waals surface area contributed by atoms with Crippen molar-refractivity contribution in [2.45, 2.75) is 6.61 Å². The van der Waals surface area contributed by atoms with Crippen LogP contribution in [0, 0.1) is 0 Å². The Labute approximate surface area is 120 Å². The first-order valence-corrected chi connectivity index (χ1v) is 6.57. The van der Waals surface area contributed by atoms with E-state index in [-0.39, 0.29) is 0 Å². The average Bonchev–Trinajstić information content (AvgIpc) is 2.37. The zero-order valence-corrected chi connectivity index (χ0v) is 12.2. The van der Waals surface area contributed by atoms with Gasteiger partial charge < -0.3 is 9.47 Å². The highest BCUT2D eigenvalue weighted by molar-refractivity contribution is 9.10. The van der Waals surface area contributed by atoms with Gasteiger partial charge in [-0.1, -0.05) is 33.6 Å². The van der Waals surface area contributed by atoms with Crippen molar-refractivity contribution in [3.8, 4) is 11.5 Å². The molecule has 0 bridgehead atoms. The number of methoxy groups -OCH3 is 1. The van der Waals surface area contributed by atoms with Crippen molar-refractivity contribution in [1.29, 1.82) is 0 Å². The van der Waals surface area contributed by atoms with Crippen LogP contribution in [0.4, 0.5) is 0 Å². The maximum absolute atomic E-state index is 5.96. The third-order valence-corrected chi connectivity index (χ3v) is 3.16. The molecule has 0 aliphatic rings. The van der Waals surface area contributed by atoms with E-state index in [9.17, 15) is 0 Å². The van der Waals surface area contributed by atoms with Gasteiger partial charge >= 0.3 is 0 Å². The van der Waals surface area contributed by atoms with E-state index >= 15 is 0 Å². The normalized spacial score (nSPS) is 10.2. The lowest BCUT2D eigenvalue weighted by molar-refractivity contribution is 0.296. The van der Waals surface area contributed by atoms with E-state index in [1.165, 1.54) is 0 Å². The molecule has 2 aromatic rings. The Morgan fingerprint density at radius 2 is 2.00 bits per heavy atom. The maximum Gasteiger partial charge on any atom is 0.125 e.